The minimum Gasteiger partial charge on any atom is -0.367 e. The van der Waals surface area contributed by atoms with Crippen molar-refractivity contribution in [3.63, 3.8) is 0 Å². The van der Waals surface area contributed by atoms with Gasteiger partial charge >= 0.3 is 0 Å². The van der Waals surface area contributed by atoms with Crippen LogP contribution < -0.4 is 10.6 Å². The van der Waals surface area contributed by atoms with Gasteiger partial charge in [0.15, 0.2) is 0 Å². The summed E-state index contributed by atoms with van der Waals surface area (Å²) in [6, 6.07) is 1.66. The molecule has 4 saturated carbocycles. The van der Waals surface area contributed by atoms with E-state index in [0.29, 0.717) is 29.0 Å². The highest BCUT2D eigenvalue weighted by molar-refractivity contribution is 6.35. The van der Waals surface area contributed by atoms with Crippen molar-refractivity contribution in [1.29, 1.82) is 0 Å². The number of carbonyl (C=O) groups excluding carboxylic acids is 1. The van der Waals surface area contributed by atoms with Crippen molar-refractivity contribution in [2.24, 2.45) is 23.2 Å². The first-order valence-corrected chi connectivity index (χ1v) is 9.63. The molecule has 0 spiro atoms. The number of pyridine rings is 1. The monoisotopic (exact) mass is 367 g/mol. The van der Waals surface area contributed by atoms with E-state index in [1.54, 1.807) is 12.3 Å². The molecule has 4 aliphatic rings. The lowest BCUT2D eigenvalue weighted by Crippen LogP contribution is -2.54. The molecule has 0 aliphatic heterocycles. The zero-order valence-electron chi connectivity index (χ0n) is 13.7. The number of halogens is 2. The van der Waals surface area contributed by atoms with E-state index in [9.17, 15) is 4.79 Å². The Bertz CT molecular complexity index is 614. The van der Waals surface area contributed by atoms with Crippen LogP contribution in [0.3, 0.4) is 0 Å². The van der Waals surface area contributed by atoms with Crippen LogP contribution in [0.5, 0.6) is 0 Å². The Morgan fingerprint density at radius 2 is 1.75 bits per heavy atom. The van der Waals surface area contributed by atoms with Gasteiger partial charge in [-0.2, -0.15) is 0 Å². The van der Waals surface area contributed by atoms with E-state index >= 15 is 0 Å². The molecule has 0 saturated heterocycles. The van der Waals surface area contributed by atoms with Crippen molar-refractivity contribution in [3.8, 4) is 0 Å². The van der Waals surface area contributed by atoms with Gasteiger partial charge in [0, 0.05) is 24.7 Å². The molecule has 1 aromatic heterocycles. The fourth-order valence-corrected chi connectivity index (χ4v) is 5.92. The molecule has 6 heteroatoms. The Hall–Kier alpha value is -1.000. The number of rotatable bonds is 5. The minimum atomic E-state index is -0.0785. The summed E-state index contributed by atoms with van der Waals surface area (Å²) in [7, 11) is 0. The maximum absolute atomic E-state index is 12.8. The normalized spacial score (nSPS) is 33.5. The van der Waals surface area contributed by atoms with Crippen LogP contribution in [-0.2, 0) is 4.79 Å². The predicted molar refractivity (Wildman–Crippen MR) is 96.4 cm³/mol. The summed E-state index contributed by atoms with van der Waals surface area (Å²) in [5.41, 5.74) is -0.0785. The van der Waals surface area contributed by atoms with Gasteiger partial charge in [-0.15, -0.1) is 0 Å². The third-order valence-electron chi connectivity index (χ3n) is 6.03. The van der Waals surface area contributed by atoms with Crippen LogP contribution in [-0.4, -0.2) is 24.0 Å². The molecule has 24 heavy (non-hydrogen) atoms. The van der Waals surface area contributed by atoms with Crippen LogP contribution in [0.2, 0.25) is 10.0 Å². The summed E-state index contributed by atoms with van der Waals surface area (Å²) in [4.78, 5) is 17.0. The number of carbonyl (C=O) groups is 1. The van der Waals surface area contributed by atoms with Crippen molar-refractivity contribution in [2.45, 2.75) is 38.5 Å². The van der Waals surface area contributed by atoms with Gasteiger partial charge in [-0.25, -0.2) is 4.98 Å². The van der Waals surface area contributed by atoms with E-state index in [1.807, 2.05) is 0 Å². The summed E-state index contributed by atoms with van der Waals surface area (Å²) >= 11 is 11.9. The molecule has 1 amide bonds. The zero-order valence-corrected chi connectivity index (χ0v) is 15.2. The van der Waals surface area contributed by atoms with E-state index in [2.05, 4.69) is 15.6 Å². The third-order valence-corrected chi connectivity index (χ3v) is 6.53. The summed E-state index contributed by atoms with van der Waals surface area (Å²) in [6.07, 6.45) is 8.93. The van der Waals surface area contributed by atoms with Crippen molar-refractivity contribution in [1.82, 2.24) is 10.3 Å². The van der Waals surface area contributed by atoms with Gasteiger partial charge in [-0.3, -0.25) is 4.79 Å². The van der Waals surface area contributed by atoms with Crippen LogP contribution in [0.1, 0.15) is 38.5 Å². The van der Waals surface area contributed by atoms with Gasteiger partial charge in [-0.1, -0.05) is 23.2 Å². The average Bonchev–Trinajstić information content (AvgIpc) is 2.51. The fraction of sp³-hybridized carbons (Fsp3) is 0.667. The quantitative estimate of drug-likeness (QED) is 0.769. The maximum atomic E-state index is 12.8. The number of amides is 1. The zero-order chi connectivity index (χ0) is 16.7. The number of anilines is 1. The first kappa shape index (κ1) is 16.5. The highest BCUT2D eigenvalue weighted by atomic mass is 35.5. The highest BCUT2D eigenvalue weighted by Crippen LogP contribution is 2.60. The largest absolute Gasteiger partial charge is 0.367 e. The molecule has 0 radical (unpaired) electrons. The second-order valence-electron chi connectivity index (χ2n) is 7.86. The number of nitrogens with zero attached hydrogens (tertiary/aromatic N) is 1. The van der Waals surface area contributed by atoms with Gasteiger partial charge in [0.2, 0.25) is 5.91 Å². The van der Waals surface area contributed by atoms with Crippen molar-refractivity contribution in [2.75, 3.05) is 18.4 Å². The summed E-state index contributed by atoms with van der Waals surface area (Å²) in [5.74, 6) is 3.23. The van der Waals surface area contributed by atoms with Crippen molar-refractivity contribution < 1.29 is 4.79 Å². The SMILES string of the molecule is O=C(NCCNc1ncc(Cl)cc1Cl)C12CC3CC(CC(C3)C1)C2. The number of nitrogens with one attached hydrogen (secondary N) is 2. The van der Waals surface area contributed by atoms with E-state index < -0.39 is 0 Å². The lowest BCUT2D eigenvalue weighted by molar-refractivity contribution is -0.146. The summed E-state index contributed by atoms with van der Waals surface area (Å²) in [5, 5.41) is 7.31. The Balaban J connectivity index is 1.29. The van der Waals surface area contributed by atoms with E-state index in [4.69, 9.17) is 23.2 Å². The van der Waals surface area contributed by atoms with Gasteiger partial charge < -0.3 is 10.6 Å². The van der Waals surface area contributed by atoms with Crippen molar-refractivity contribution in [3.05, 3.63) is 22.3 Å². The maximum Gasteiger partial charge on any atom is 0.226 e. The Kier molecular flexibility index (Phi) is 4.38. The van der Waals surface area contributed by atoms with Crippen LogP contribution in [0, 0.1) is 23.2 Å². The van der Waals surface area contributed by atoms with Crippen LogP contribution in [0.25, 0.3) is 0 Å². The first-order chi connectivity index (χ1) is 11.5. The molecule has 5 rings (SSSR count). The van der Waals surface area contributed by atoms with Crippen molar-refractivity contribution >= 4 is 34.9 Å². The second kappa shape index (κ2) is 6.38. The molecule has 130 valence electrons. The molecular formula is C18H23Cl2N3O. The lowest BCUT2D eigenvalue weighted by Gasteiger charge is -2.55. The van der Waals surface area contributed by atoms with Gasteiger partial charge in [0.25, 0.3) is 0 Å². The van der Waals surface area contributed by atoms with Crippen LogP contribution >= 0.6 is 23.2 Å². The van der Waals surface area contributed by atoms with Gasteiger partial charge in [0.1, 0.15) is 5.82 Å². The molecule has 0 aromatic carbocycles. The molecule has 0 atom stereocenters. The average molecular weight is 368 g/mol. The molecule has 4 fully saturated rings. The second-order valence-corrected chi connectivity index (χ2v) is 8.71. The third kappa shape index (κ3) is 3.11. The fourth-order valence-electron chi connectivity index (χ4n) is 5.48. The number of hydrogen-bond acceptors (Lipinski definition) is 3. The Labute approximate surface area is 152 Å². The highest BCUT2D eigenvalue weighted by Gasteiger charge is 2.54. The predicted octanol–water partition coefficient (Wildman–Crippen LogP) is 4.13. The molecule has 1 heterocycles. The first-order valence-electron chi connectivity index (χ1n) is 8.87. The molecule has 4 aliphatic carbocycles. The molecule has 1 aromatic rings. The van der Waals surface area contributed by atoms with Gasteiger partial charge in [0.05, 0.1) is 10.0 Å². The Morgan fingerprint density at radius 1 is 1.12 bits per heavy atom. The summed E-state index contributed by atoms with van der Waals surface area (Å²) < 4.78 is 0. The van der Waals surface area contributed by atoms with Gasteiger partial charge in [-0.05, 0) is 62.3 Å². The molecule has 2 N–H and O–H groups in total. The van der Waals surface area contributed by atoms with Crippen LogP contribution in [0.15, 0.2) is 12.3 Å². The molecular weight excluding hydrogens is 345 g/mol. The van der Waals surface area contributed by atoms with Crippen LogP contribution in [0.4, 0.5) is 5.82 Å². The molecule has 0 unspecified atom stereocenters. The summed E-state index contributed by atoms with van der Waals surface area (Å²) in [6.45, 7) is 1.19. The standard InChI is InChI=1S/C18H23Cl2N3O/c19-14-6-15(20)16(23-10-14)21-1-2-22-17(24)18-7-11-3-12(8-18)5-13(4-11)9-18/h6,10-13H,1-5,7-9H2,(H,21,23)(H,22,24). The van der Waals surface area contributed by atoms with E-state index in [-0.39, 0.29) is 11.3 Å². The smallest absolute Gasteiger partial charge is 0.226 e. The lowest BCUT2D eigenvalue weighted by atomic mass is 9.49. The molecule has 4 nitrogen and oxygen atoms in total. The Morgan fingerprint density at radius 3 is 2.33 bits per heavy atom. The number of aromatic nitrogens is 1. The minimum absolute atomic E-state index is 0.0785. The van der Waals surface area contributed by atoms with E-state index in [1.165, 1.54) is 19.3 Å². The number of hydrogen-bond donors (Lipinski definition) is 2. The molecule has 4 bridgehead atoms. The van der Waals surface area contributed by atoms with E-state index in [0.717, 1.165) is 37.0 Å². The topological polar surface area (TPSA) is 54.0 Å².